The lowest BCUT2D eigenvalue weighted by Crippen LogP contribution is -2.42. The van der Waals surface area contributed by atoms with Crippen LogP contribution < -0.4 is 10.9 Å². The molecule has 0 saturated heterocycles. The molecule has 1 aromatic heterocycles. The number of nitrogens with zero attached hydrogens (tertiary/aromatic N) is 1. The van der Waals surface area contributed by atoms with Crippen LogP contribution in [-0.4, -0.2) is 28.7 Å². The monoisotopic (exact) mass is 266 g/mol. The first-order chi connectivity index (χ1) is 8.81. The van der Waals surface area contributed by atoms with Gasteiger partial charge in [0.25, 0.3) is 5.56 Å². The van der Waals surface area contributed by atoms with Crippen molar-refractivity contribution in [2.75, 3.05) is 12.8 Å². The molecule has 0 aromatic carbocycles. The van der Waals surface area contributed by atoms with Crippen molar-refractivity contribution >= 4 is 11.8 Å². The van der Waals surface area contributed by atoms with E-state index in [1.54, 1.807) is 16.7 Å². The summed E-state index contributed by atoms with van der Waals surface area (Å²) < 4.78 is 1.77. The molecule has 18 heavy (non-hydrogen) atoms. The summed E-state index contributed by atoms with van der Waals surface area (Å²) in [7, 11) is 0. The number of aromatic nitrogens is 1. The number of hydrogen-bond donors (Lipinski definition) is 1. The van der Waals surface area contributed by atoms with Crippen molar-refractivity contribution in [3.05, 3.63) is 34.7 Å². The topological polar surface area (TPSA) is 34.0 Å². The van der Waals surface area contributed by atoms with E-state index in [4.69, 9.17) is 0 Å². The maximum absolute atomic E-state index is 11.6. The van der Waals surface area contributed by atoms with E-state index >= 15 is 0 Å². The molecule has 0 bridgehead atoms. The van der Waals surface area contributed by atoms with Crippen LogP contribution in [-0.2, 0) is 6.54 Å². The van der Waals surface area contributed by atoms with Gasteiger partial charge in [-0.15, -0.1) is 0 Å². The Morgan fingerprint density at radius 3 is 3.00 bits per heavy atom. The highest BCUT2D eigenvalue weighted by Crippen LogP contribution is 2.26. The van der Waals surface area contributed by atoms with Crippen LogP contribution in [0, 0.1) is 0 Å². The summed E-state index contributed by atoms with van der Waals surface area (Å²) in [6.07, 6.45) is 9.35. The van der Waals surface area contributed by atoms with Crippen LogP contribution in [0.15, 0.2) is 29.2 Å². The molecule has 1 N–H and O–H groups in total. The fraction of sp³-hybridized carbons (Fsp3) is 0.643. The highest BCUT2D eigenvalue weighted by Gasteiger charge is 2.23. The van der Waals surface area contributed by atoms with Gasteiger partial charge in [-0.3, -0.25) is 4.79 Å². The van der Waals surface area contributed by atoms with Gasteiger partial charge in [0.1, 0.15) is 0 Å². The van der Waals surface area contributed by atoms with Crippen molar-refractivity contribution < 1.29 is 0 Å². The largest absolute Gasteiger partial charge is 0.314 e. The molecule has 0 spiro atoms. The van der Waals surface area contributed by atoms with Crippen molar-refractivity contribution in [1.29, 1.82) is 0 Å². The highest BCUT2D eigenvalue weighted by molar-refractivity contribution is 7.99. The molecule has 1 heterocycles. The molecular formula is C14H22N2OS. The van der Waals surface area contributed by atoms with Gasteiger partial charge in [0.2, 0.25) is 0 Å². The normalized spacial score (nSPS) is 24.1. The van der Waals surface area contributed by atoms with E-state index in [0.717, 1.165) is 18.3 Å². The Hall–Kier alpha value is -0.740. The van der Waals surface area contributed by atoms with E-state index in [1.165, 1.54) is 25.7 Å². The van der Waals surface area contributed by atoms with Crippen LogP contribution in [0.1, 0.15) is 25.7 Å². The number of hydrogen-bond acceptors (Lipinski definition) is 3. The van der Waals surface area contributed by atoms with E-state index in [1.807, 2.05) is 24.0 Å². The van der Waals surface area contributed by atoms with Crippen LogP contribution in [0.4, 0.5) is 0 Å². The predicted octanol–water partition coefficient (Wildman–Crippen LogP) is 2.11. The molecule has 3 nitrogen and oxygen atoms in total. The van der Waals surface area contributed by atoms with Crippen LogP contribution in [0.5, 0.6) is 0 Å². The molecule has 0 radical (unpaired) electrons. The SMILES string of the molecule is CSC1CCCCC1NCCn1ccccc1=O. The standard InChI is InChI=1S/C14H22N2OS/c1-18-13-7-3-2-6-12(13)15-9-11-16-10-5-4-8-14(16)17/h4-5,8,10,12-13,15H,2-3,6-7,9,11H2,1H3. The second kappa shape index (κ2) is 7.00. The summed E-state index contributed by atoms with van der Waals surface area (Å²) >= 11 is 1.97. The summed E-state index contributed by atoms with van der Waals surface area (Å²) in [6.45, 7) is 1.64. The summed E-state index contributed by atoms with van der Waals surface area (Å²) in [5.74, 6) is 0. The maximum atomic E-state index is 11.6. The van der Waals surface area contributed by atoms with Crippen molar-refractivity contribution in [3.63, 3.8) is 0 Å². The van der Waals surface area contributed by atoms with Gasteiger partial charge in [0.05, 0.1) is 0 Å². The van der Waals surface area contributed by atoms with E-state index in [0.29, 0.717) is 6.04 Å². The second-order valence-electron chi connectivity index (χ2n) is 4.85. The summed E-state index contributed by atoms with van der Waals surface area (Å²) in [4.78, 5) is 11.6. The van der Waals surface area contributed by atoms with E-state index in [-0.39, 0.29) is 5.56 Å². The van der Waals surface area contributed by atoms with Gasteiger partial charge in [-0.2, -0.15) is 11.8 Å². The minimum absolute atomic E-state index is 0.0874. The molecule has 4 heteroatoms. The Balaban J connectivity index is 1.81. The molecule has 1 saturated carbocycles. The molecule has 1 aromatic rings. The van der Waals surface area contributed by atoms with Crippen LogP contribution in [0.25, 0.3) is 0 Å². The molecule has 2 rings (SSSR count). The minimum atomic E-state index is 0.0874. The van der Waals surface area contributed by atoms with Gasteiger partial charge < -0.3 is 9.88 Å². The second-order valence-corrected chi connectivity index (χ2v) is 5.93. The third-order valence-corrected chi connectivity index (χ3v) is 4.83. The highest BCUT2D eigenvalue weighted by atomic mass is 32.2. The molecule has 1 fully saturated rings. The van der Waals surface area contributed by atoms with Gasteiger partial charge >= 0.3 is 0 Å². The zero-order chi connectivity index (χ0) is 12.8. The Labute approximate surface area is 113 Å². The molecule has 0 amide bonds. The van der Waals surface area contributed by atoms with Gasteiger partial charge in [0, 0.05) is 36.6 Å². The third-order valence-electron chi connectivity index (χ3n) is 3.66. The zero-order valence-corrected chi connectivity index (χ0v) is 11.8. The fourth-order valence-corrected chi connectivity index (χ4v) is 3.59. The molecule has 1 aliphatic rings. The number of nitrogens with one attached hydrogen (secondary N) is 1. The lowest BCUT2D eigenvalue weighted by Gasteiger charge is -2.31. The van der Waals surface area contributed by atoms with Crippen molar-refractivity contribution in [3.8, 4) is 0 Å². The summed E-state index contributed by atoms with van der Waals surface area (Å²) in [5, 5.41) is 4.36. The first-order valence-electron chi connectivity index (χ1n) is 6.73. The molecule has 100 valence electrons. The molecule has 1 aliphatic carbocycles. The maximum Gasteiger partial charge on any atom is 0.250 e. The van der Waals surface area contributed by atoms with E-state index < -0.39 is 0 Å². The Morgan fingerprint density at radius 1 is 1.39 bits per heavy atom. The first kappa shape index (κ1) is 13.7. The lowest BCUT2D eigenvalue weighted by molar-refractivity contribution is 0.377. The summed E-state index contributed by atoms with van der Waals surface area (Å²) in [6, 6.07) is 5.93. The quantitative estimate of drug-likeness (QED) is 0.886. The van der Waals surface area contributed by atoms with Crippen molar-refractivity contribution in [2.45, 2.75) is 43.5 Å². The van der Waals surface area contributed by atoms with E-state index in [2.05, 4.69) is 11.6 Å². The van der Waals surface area contributed by atoms with Crippen LogP contribution in [0.2, 0.25) is 0 Å². The number of pyridine rings is 1. The fourth-order valence-electron chi connectivity index (χ4n) is 2.63. The first-order valence-corrected chi connectivity index (χ1v) is 8.01. The lowest BCUT2D eigenvalue weighted by atomic mass is 9.95. The molecular weight excluding hydrogens is 244 g/mol. The number of rotatable bonds is 5. The Morgan fingerprint density at radius 2 is 2.22 bits per heavy atom. The van der Waals surface area contributed by atoms with Gasteiger partial charge in [-0.1, -0.05) is 18.9 Å². The molecule has 2 unspecified atom stereocenters. The van der Waals surface area contributed by atoms with Crippen LogP contribution in [0.3, 0.4) is 0 Å². The minimum Gasteiger partial charge on any atom is -0.314 e. The Kier molecular flexibility index (Phi) is 5.32. The smallest absolute Gasteiger partial charge is 0.250 e. The van der Waals surface area contributed by atoms with Gasteiger partial charge in [0.15, 0.2) is 0 Å². The predicted molar refractivity (Wildman–Crippen MR) is 78.3 cm³/mol. The average molecular weight is 266 g/mol. The number of thioether (sulfide) groups is 1. The van der Waals surface area contributed by atoms with Crippen molar-refractivity contribution in [2.24, 2.45) is 0 Å². The van der Waals surface area contributed by atoms with Gasteiger partial charge in [-0.05, 0) is 25.2 Å². The third kappa shape index (κ3) is 3.62. The average Bonchev–Trinajstić information content (AvgIpc) is 2.41. The zero-order valence-electron chi connectivity index (χ0n) is 11.0. The molecule has 0 aliphatic heterocycles. The molecule has 2 atom stereocenters. The van der Waals surface area contributed by atoms with E-state index in [9.17, 15) is 4.79 Å². The Bertz CT molecular complexity index is 418. The summed E-state index contributed by atoms with van der Waals surface area (Å²) in [5.41, 5.74) is 0.0874. The van der Waals surface area contributed by atoms with Crippen molar-refractivity contribution in [1.82, 2.24) is 9.88 Å². The van der Waals surface area contributed by atoms with Crippen LogP contribution >= 0.6 is 11.8 Å². The van der Waals surface area contributed by atoms with Gasteiger partial charge in [-0.25, -0.2) is 0 Å².